The van der Waals surface area contributed by atoms with E-state index in [1.54, 1.807) is 12.1 Å². The second-order valence-corrected chi connectivity index (χ2v) is 4.84. The Morgan fingerprint density at radius 2 is 2.05 bits per heavy atom. The lowest BCUT2D eigenvalue weighted by Gasteiger charge is -2.08. The summed E-state index contributed by atoms with van der Waals surface area (Å²) in [6, 6.07) is 11.2. The summed E-state index contributed by atoms with van der Waals surface area (Å²) in [4.78, 5) is 12.1. The molecule has 0 aliphatic carbocycles. The van der Waals surface area contributed by atoms with Crippen molar-refractivity contribution in [3.63, 3.8) is 0 Å². The Morgan fingerprint density at radius 1 is 1.26 bits per heavy atom. The SMILES string of the molecule is NCc1cccc(NC(=O)c2ccc(F)cc2Br)c1. The van der Waals surface area contributed by atoms with E-state index < -0.39 is 5.82 Å². The molecule has 3 nitrogen and oxygen atoms in total. The molecule has 0 aromatic heterocycles. The zero-order valence-corrected chi connectivity index (χ0v) is 11.6. The molecule has 0 radical (unpaired) electrons. The monoisotopic (exact) mass is 322 g/mol. The number of carbonyl (C=O) groups is 1. The predicted molar refractivity (Wildman–Crippen MR) is 76.4 cm³/mol. The third-order valence-electron chi connectivity index (χ3n) is 2.60. The van der Waals surface area contributed by atoms with Crippen LogP contribution in [0.2, 0.25) is 0 Å². The molecular weight excluding hydrogens is 311 g/mol. The van der Waals surface area contributed by atoms with Crippen LogP contribution < -0.4 is 11.1 Å². The number of hydrogen-bond donors (Lipinski definition) is 2. The molecule has 98 valence electrons. The number of carbonyl (C=O) groups excluding carboxylic acids is 1. The number of benzene rings is 2. The average Bonchev–Trinajstić information content (AvgIpc) is 2.38. The first kappa shape index (κ1) is 13.7. The topological polar surface area (TPSA) is 55.1 Å². The van der Waals surface area contributed by atoms with Crippen molar-refractivity contribution >= 4 is 27.5 Å². The molecule has 0 atom stereocenters. The van der Waals surface area contributed by atoms with E-state index >= 15 is 0 Å². The van der Waals surface area contributed by atoms with Gasteiger partial charge in [0, 0.05) is 16.7 Å². The molecule has 0 fully saturated rings. The molecule has 19 heavy (non-hydrogen) atoms. The number of nitrogens with one attached hydrogen (secondary N) is 1. The molecule has 0 aliphatic rings. The molecule has 0 unspecified atom stereocenters. The van der Waals surface area contributed by atoms with Crippen molar-refractivity contribution in [3.8, 4) is 0 Å². The molecule has 0 saturated carbocycles. The van der Waals surface area contributed by atoms with Crippen LogP contribution in [0.25, 0.3) is 0 Å². The van der Waals surface area contributed by atoms with Crippen molar-refractivity contribution < 1.29 is 9.18 Å². The molecule has 0 aliphatic heterocycles. The molecule has 0 spiro atoms. The summed E-state index contributed by atoms with van der Waals surface area (Å²) < 4.78 is 13.4. The number of rotatable bonds is 3. The molecule has 2 aromatic rings. The summed E-state index contributed by atoms with van der Waals surface area (Å²) in [5, 5.41) is 2.75. The number of nitrogens with two attached hydrogens (primary N) is 1. The van der Waals surface area contributed by atoms with Gasteiger partial charge >= 0.3 is 0 Å². The lowest BCUT2D eigenvalue weighted by atomic mass is 10.1. The highest BCUT2D eigenvalue weighted by atomic mass is 79.9. The fraction of sp³-hybridized carbons (Fsp3) is 0.0714. The number of amides is 1. The van der Waals surface area contributed by atoms with Gasteiger partial charge in [-0.2, -0.15) is 0 Å². The van der Waals surface area contributed by atoms with Gasteiger partial charge in [0.2, 0.25) is 0 Å². The van der Waals surface area contributed by atoms with Gasteiger partial charge < -0.3 is 11.1 Å². The van der Waals surface area contributed by atoms with Gasteiger partial charge in [0.05, 0.1) is 5.56 Å². The van der Waals surface area contributed by atoms with E-state index in [0.717, 1.165) is 5.56 Å². The first-order valence-electron chi connectivity index (χ1n) is 5.65. The van der Waals surface area contributed by atoms with Crippen molar-refractivity contribution in [1.29, 1.82) is 0 Å². The maximum Gasteiger partial charge on any atom is 0.256 e. The summed E-state index contributed by atoms with van der Waals surface area (Å²) >= 11 is 3.17. The highest BCUT2D eigenvalue weighted by molar-refractivity contribution is 9.10. The van der Waals surface area contributed by atoms with Crippen molar-refractivity contribution in [2.24, 2.45) is 5.73 Å². The number of halogens is 2. The van der Waals surface area contributed by atoms with E-state index in [4.69, 9.17) is 5.73 Å². The minimum absolute atomic E-state index is 0.305. The van der Waals surface area contributed by atoms with Gasteiger partial charge in [-0.15, -0.1) is 0 Å². The molecule has 0 heterocycles. The maximum atomic E-state index is 13.0. The van der Waals surface area contributed by atoms with E-state index in [9.17, 15) is 9.18 Å². The minimum atomic E-state index is -0.395. The third-order valence-corrected chi connectivity index (χ3v) is 3.25. The molecule has 2 aromatic carbocycles. The highest BCUT2D eigenvalue weighted by Crippen LogP contribution is 2.20. The second-order valence-electron chi connectivity index (χ2n) is 3.98. The molecule has 0 bridgehead atoms. The molecular formula is C14H12BrFN2O. The Bertz CT molecular complexity index is 616. The molecule has 1 amide bonds. The Kier molecular flexibility index (Phi) is 4.29. The zero-order valence-electron chi connectivity index (χ0n) is 9.99. The van der Waals surface area contributed by atoms with Crippen molar-refractivity contribution in [3.05, 3.63) is 63.9 Å². The van der Waals surface area contributed by atoms with Gasteiger partial charge in [0.15, 0.2) is 0 Å². The van der Waals surface area contributed by atoms with E-state index in [-0.39, 0.29) is 5.91 Å². The summed E-state index contributed by atoms with van der Waals surface area (Å²) in [6.45, 7) is 0.407. The molecule has 3 N–H and O–H groups in total. The maximum absolute atomic E-state index is 13.0. The van der Waals surface area contributed by atoms with Gasteiger partial charge in [0.25, 0.3) is 5.91 Å². The number of hydrogen-bond acceptors (Lipinski definition) is 2. The molecule has 5 heteroatoms. The van der Waals surface area contributed by atoms with Crippen LogP contribution in [0, 0.1) is 5.82 Å². The zero-order chi connectivity index (χ0) is 13.8. The normalized spacial score (nSPS) is 10.3. The fourth-order valence-electron chi connectivity index (χ4n) is 1.65. The number of anilines is 1. The lowest BCUT2D eigenvalue weighted by molar-refractivity contribution is 0.102. The quantitative estimate of drug-likeness (QED) is 0.911. The second kappa shape index (κ2) is 5.95. The van der Waals surface area contributed by atoms with Crippen LogP contribution in [0.1, 0.15) is 15.9 Å². The largest absolute Gasteiger partial charge is 0.326 e. The van der Waals surface area contributed by atoms with Gasteiger partial charge in [-0.25, -0.2) is 4.39 Å². The lowest BCUT2D eigenvalue weighted by Crippen LogP contribution is -2.13. The van der Waals surface area contributed by atoms with Crippen LogP contribution in [0.3, 0.4) is 0 Å². The summed E-state index contributed by atoms with van der Waals surface area (Å²) in [7, 11) is 0. The van der Waals surface area contributed by atoms with Crippen LogP contribution in [0.15, 0.2) is 46.9 Å². The van der Waals surface area contributed by atoms with Crippen molar-refractivity contribution in [1.82, 2.24) is 0 Å². The van der Waals surface area contributed by atoms with Crippen molar-refractivity contribution in [2.75, 3.05) is 5.32 Å². The fourth-order valence-corrected chi connectivity index (χ4v) is 2.18. The Hall–Kier alpha value is -1.72. The van der Waals surface area contributed by atoms with Crippen LogP contribution in [0.4, 0.5) is 10.1 Å². The Balaban J connectivity index is 2.20. The Morgan fingerprint density at radius 3 is 2.74 bits per heavy atom. The summed E-state index contributed by atoms with van der Waals surface area (Å²) in [6.07, 6.45) is 0. The van der Waals surface area contributed by atoms with E-state index in [0.29, 0.717) is 22.3 Å². The van der Waals surface area contributed by atoms with Gasteiger partial charge in [0.1, 0.15) is 5.82 Å². The van der Waals surface area contributed by atoms with E-state index in [1.165, 1.54) is 18.2 Å². The predicted octanol–water partition coefficient (Wildman–Crippen LogP) is 3.30. The van der Waals surface area contributed by atoms with Crippen LogP contribution in [-0.4, -0.2) is 5.91 Å². The average molecular weight is 323 g/mol. The molecule has 2 rings (SSSR count). The third kappa shape index (κ3) is 3.39. The van der Waals surface area contributed by atoms with Crippen LogP contribution >= 0.6 is 15.9 Å². The van der Waals surface area contributed by atoms with Gasteiger partial charge in [-0.1, -0.05) is 12.1 Å². The van der Waals surface area contributed by atoms with E-state index in [1.807, 2.05) is 12.1 Å². The summed E-state index contributed by atoms with van der Waals surface area (Å²) in [5.74, 6) is -0.699. The molecule has 0 saturated heterocycles. The van der Waals surface area contributed by atoms with Gasteiger partial charge in [-0.05, 0) is 51.8 Å². The first-order chi connectivity index (χ1) is 9.10. The highest BCUT2D eigenvalue weighted by Gasteiger charge is 2.11. The standard InChI is InChI=1S/C14H12BrFN2O/c15-13-7-10(16)4-5-12(13)14(19)18-11-3-1-2-9(6-11)8-17/h1-7H,8,17H2,(H,18,19). The first-order valence-corrected chi connectivity index (χ1v) is 6.45. The summed E-state index contributed by atoms with van der Waals surface area (Å²) in [5.41, 5.74) is 7.50. The van der Waals surface area contributed by atoms with Crippen LogP contribution in [0.5, 0.6) is 0 Å². The smallest absolute Gasteiger partial charge is 0.256 e. The van der Waals surface area contributed by atoms with Crippen molar-refractivity contribution in [2.45, 2.75) is 6.54 Å². The van der Waals surface area contributed by atoms with E-state index in [2.05, 4.69) is 21.2 Å². The van der Waals surface area contributed by atoms with Gasteiger partial charge in [-0.3, -0.25) is 4.79 Å². The minimum Gasteiger partial charge on any atom is -0.326 e. The Labute approximate surface area is 118 Å². The van der Waals surface area contributed by atoms with Crippen LogP contribution in [-0.2, 0) is 6.54 Å².